The van der Waals surface area contributed by atoms with Gasteiger partial charge >= 0.3 is 0 Å². The third-order valence-electron chi connectivity index (χ3n) is 9.35. The third kappa shape index (κ3) is 6.73. The second-order valence-electron chi connectivity index (χ2n) is 12.3. The Kier molecular flexibility index (Phi) is 11.8. The van der Waals surface area contributed by atoms with Gasteiger partial charge in [-0.1, -0.05) is 43.2 Å². The van der Waals surface area contributed by atoms with Crippen LogP contribution in [0.15, 0.2) is 30.3 Å². The smallest absolute Gasteiger partial charge is 0.200 e. The second kappa shape index (κ2) is 15.8. The van der Waals surface area contributed by atoms with E-state index >= 15 is 35.1 Å². The van der Waals surface area contributed by atoms with E-state index in [9.17, 15) is 52.7 Å². The molecule has 0 unspecified atom stereocenters. The lowest BCUT2D eigenvalue weighted by molar-refractivity contribution is 0.381. The van der Waals surface area contributed by atoms with E-state index in [1.54, 1.807) is 0 Å². The van der Waals surface area contributed by atoms with Gasteiger partial charge in [0.2, 0.25) is 0 Å². The summed E-state index contributed by atoms with van der Waals surface area (Å²) >= 11 is 0. The molecule has 296 valence electrons. The number of hydrogen-bond acceptors (Lipinski definition) is 0. The summed E-state index contributed by atoms with van der Waals surface area (Å²) in [4.78, 5) is 0. The lowest BCUT2D eigenvalue weighted by Crippen LogP contribution is -2.63. The van der Waals surface area contributed by atoms with Crippen LogP contribution < -0.4 is 21.9 Å². The second-order valence-corrected chi connectivity index (χ2v) is 12.3. The van der Waals surface area contributed by atoms with Crippen LogP contribution >= 0.6 is 0 Å². The zero-order valence-electron chi connectivity index (χ0n) is 26.9. The summed E-state index contributed by atoms with van der Waals surface area (Å²) in [6.45, 7) is -9.20. The van der Waals surface area contributed by atoms with Gasteiger partial charge in [-0.2, -0.15) is 5.72 Å². The maximum absolute atomic E-state index is 15.7. The monoisotopic (exact) mass is 823 g/mol. The highest BCUT2D eigenvalue weighted by atomic mass is 19.2. The Bertz CT molecular complexity index is 1990. The lowest BCUT2D eigenvalue weighted by Gasteiger charge is -2.40. The van der Waals surface area contributed by atoms with Gasteiger partial charge in [0.25, 0.3) is 0 Å². The number of hydrogen-bond donors (Lipinski definition) is 0. The number of aryl methyl sites for hydroxylation is 1. The molecule has 0 N–H and O–H groups in total. The summed E-state index contributed by atoms with van der Waals surface area (Å²) in [7, 11) is 0. The van der Waals surface area contributed by atoms with Gasteiger partial charge in [-0.15, -0.1) is 10.9 Å². The van der Waals surface area contributed by atoms with Crippen molar-refractivity contribution in [2.45, 2.75) is 25.0 Å². The molecule has 0 amide bonds. The van der Waals surface area contributed by atoms with E-state index in [1.165, 1.54) is 30.3 Å². The minimum Gasteiger partial charge on any atom is -0.207 e. The van der Waals surface area contributed by atoms with Gasteiger partial charge in [-0.05, 0) is 22.9 Å². The predicted octanol–water partition coefficient (Wildman–Crippen LogP) is 8.05. The molecule has 22 heteroatoms. The topological polar surface area (TPSA) is 0 Å². The van der Waals surface area contributed by atoms with Crippen molar-refractivity contribution >= 4 is 35.3 Å². The molecule has 0 aromatic heterocycles. The maximum atomic E-state index is 15.7. The van der Waals surface area contributed by atoms with Crippen LogP contribution in [0.1, 0.15) is 18.4 Å². The quantitative estimate of drug-likeness (QED) is 0.0580. The van der Waals surface area contributed by atoms with Crippen molar-refractivity contribution in [2.75, 3.05) is 0 Å². The van der Waals surface area contributed by atoms with Crippen LogP contribution in [0, 0.1) is 116 Å². The molecule has 1 atom stereocenters. The van der Waals surface area contributed by atoms with Gasteiger partial charge in [0, 0.05) is 0 Å². The fourth-order valence-electron chi connectivity index (χ4n) is 6.90. The average Bonchev–Trinajstić information content (AvgIpc) is 3.18. The number of halogens is 20. The molecule has 0 spiro atoms. The van der Waals surface area contributed by atoms with E-state index in [-0.39, 0.29) is 5.56 Å². The Hall–Kier alpha value is -5.17. The van der Waals surface area contributed by atoms with E-state index < -0.39 is 177 Å². The normalized spacial score (nSPS) is 12.2. The van der Waals surface area contributed by atoms with Gasteiger partial charge in [0.15, 0.2) is 99.8 Å². The van der Waals surface area contributed by atoms with Gasteiger partial charge in [-0.3, -0.25) is 0 Å². The van der Waals surface area contributed by atoms with E-state index in [1.807, 2.05) is 0 Å². The van der Waals surface area contributed by atoms with Gasteiger partial charge in [0.05, 0.1) is 6.71 Å². The van der Waals surface area contributed by atoms with E-state index in [0.717, 1.165) is 0 Å². The van der Waals surface area contributed by atoms with Gasteiger partial charge in [-0.25, -0.2) is 87.8 Å². The first-order chi connectivity index (χ1) is 26.2. The van der Waals surface area contributed by atoms with Gasteiger partial charge < -0.3 is 0 Å². The lowest BCUT2D eigenvalue weighted by atomic mass is 9.14. The molecule has 5 aromatic rings. The Labute approximate surface area is 300 Å². The summed E-state index contributed by atoms with van der Waals surface area (Å²) in [6, 6.07) is 6.69. The Morgan fingerprint density at radius 3 is 0.929 bits per heavy atom. The summed E-state index contributed by atoms with van der Waals surface area (Å²) in [5.41, 5.74) is -13.8. The highest BCUT2D eigenvalue weighted by Gasteiger charge is 2.46. The highest BCUT2D eigenvalue weighted by Crippen LogP contribution is 2.33. The molecule has 0 saturated heterocycles. The van der Waals surface area contributed by atoms with Crippen LogP contribution in [-0.4, -0.2) is 13.4 Å². The van der Waals surface area contributed by atoms with Crippen LogP contribution in [0.5, 0.6) is 0 Å². The first-order valence-corrected chi connectivity index (χ1v) is 15.5. The van der Waals surface area contributed by atoms with Crippen LogP contribution in [0.3, 0.4) is 0 Å². The molecule has 0 radical (unpaired) electrons. The summed E-state index contributed by atoms with van der Waals surface area (Å²) in [5, 5.41) is 0. The zero-order chi connectivity index (χ0) is 41.8. The average molecular weight is 823 g/mol. The number of benzene rings is 5. The fourth-order valence-corrected chi connectivity index (χ4v) is 6.90. The van der Waals surface area contributed by atoms with Crippen molar-refractivity contribution in [1.29, 1.82) is 0 Å². The van der Waals surface area contributed by atoms with Crippen molar-refractivity contribution in [3.8, 4) is 0 Å². The molecule has 0 fully saturated rings. The van der Waals surface area contributed by atoms with Crippen LogP contribution in [-0.2, 0) is 6.42 Å². The van der Waals surface area contributed by atoms with Crippen LogP contribution in [0.2, 0.25) is 5.72 Å². The first kappa shape index (κ1) is 42.0. The minimum atomic E-state index is -5.30. The van der Waals surface area contributed by atoms with Crippen LogP contribution in [0.4, 0.5) is 87.8 Å². The molecule has 0 aliphatic carbocycles. The molecular formula is C34H13B2F20-. The standard InChI is InChI=1S/C34H13B2F20/c37-15-11(16(38)24(46)31(53)23(15)45)35(12-17(39)25(47)32(54)26(48)18(12)40)10(8-4-7-9-5-2-1-3-6-9)36(13-19(41)27(49)33(55)28(50)20(13)42)14-21(43)29(51)34(56)30(52)22(14)44/h1-3,5-6,10,35H,4,7-8H2/q-1/t10-/m1/s1. The van der Waals surface area contributed by atoms with E-state index in [0.29, 0.717) is 0 Å². The van der Waals surface area contributed by atoms with Gasteiger partial charge in [0.1, 0.15) is 23.3 Å². The van der Waals surface area contributed by atoms with Crippen molar-refractivity contribution in [3.63, 3.8) is 0 Å². The van der Waals surface area contributed by atoms with Crippen molar-refractivity contribution in [3.05, 3.63) is 152 Å². The molecule has 0 saturated carbocycles. The zero-order valence-corrected chi connectivity index (χ0v) is 26.9. The Balaban J connectivity index is 2.07. The molecule has 5 aromatic carbocycles. The van der Waals surface area contributed by atoms with Crippen molar-refractivity contribution in [1.82, 2.24) is 0 Å². The fraction of sp³-hybridized carbons (Fsp3) is 0.118. The number of rotatable bonds is 10. The first-order valence-electron chi connectivity index (χ1n) is 15.5. The van der Waals surface area contributed by atoms with E-state index in [2.05, 4.69) is 0 Å². The molecule has 0 nitrogen and oxygen atoms in total. The molecular weight excluding hydrogens is 810 g/mol. The Morgan fingerprint density at radius 1 is 0.357 bits per heavy atom. The summed E-state index contributed by atoms with van der Waals surface area (Å²) in [5.74, 6) is -62.1. The molecule has 5 rings (SSSR count). The highest BCUT2D eigenvalue weighted by molar-refractivity contribution is 7.02. The molecule has 56 heavy (non-hydrogen) atoms. The molecule has 0 aliphatic heterocycles. The van der Waals surface area contributed by atoms with Crippen molar-refractivity contribution < 1.29 is 87.8 Å². The Morgan fingerprint density at radius 2 is 0.625 bits per heavy atom. The van der Waals surface area contributed by atoms with Crippen molar-refractivity contribution in [2.24, 2.45) is 0 Å². The molecule has 0 bridgehead atoms. The minimum absolute atomic E-state index is 0.175. The third-order valence-corrected chi connectivity index (χ3v) is 9.35. The summed E-state index contributed by atoms with van der Waals surface area (Å²) in [6.07, 6.45) is -2.89. The maximum Gasteiger partial charge on any atom is 0.200 e. The molecule has 0 heterocycles. The SMILES string of the molecule is Fc1c(F)c(F)c(B(c2c(F)c(F)c(F)c(F)c2F)[C@H](CCCc2ccccc2)[BH-](c2c(F)c(F)c(F)c(F)c2F)c2c(F)c(F)c(F)c(F)c2F)c(F)c1F. The molecule has 0 aliphatic rings. The van der Waals surface area contributed by atoms with E-state index in [4.69, 9.17) is 0 Å². The predicted molar refractivity (Wildman–Crippen MR) is 159 cm³/mol. The summed E-state index contributed by atoms with van der Waals surface area (Å²) < 4.78 is 301. The largest absolute Gasteiger partial charge is 0.207 e. The van der Waals surface area contributed by atoms with Crippen LogP contribution in [0.25, 0.3) is 0 Å².